The molecule has 0 atom stereocenters. The highest BCUT2D eigenvalue weighted by Gasteiger charge is 2.21. The molecule has 0 unspecified atom stereocenters. The number of aryl methyl sites for hydroxylation is 2. The van der Waals surface area contributed by atoms with Gasteiger partial charge in [0.05, 0.1) is 22.3 Å². The van der Waals surface area contributed by atoms with Gasteiger partial charge in [0.15, 0.2) is 0 Å². The average molecular weight is 391 g/mol. The minimum Gasteiger partial charge on any atom is -0.494 e. The van der Waals surface area contributed by atoms with Gasteiger partial charge >= 0.3 is 0 Å². The lowest BCUT2D eigenvalue weighted by Crippen LogP contribution is -2.18. The second-order valence-electron chi connectivity index (χ2n) is 5.88. The zero-order chi connectivity index (χ0) is 18.8. The number of rotatable bonds is 5. The number of hydrogen-bond donors (Lipinski definition) is 1. The highest BCUT2D eigenvalue weighted by atomic mass is 35.5. The van der Waals surface area contributed by atoms with E-state index in [0.29, 0.717) is 34.6 Å². The summed E-state index contributed by atoms with van der Waals surface area (Å²) in [6.45, 7) is 7.15. The molecule has 3 aromatic rings. The van der Waals surface area contributed by atoms with Gasteiger partial charge in [-0.2, -0.15) is 0 Å². The van der Waals surface area contributed by atoms with E-state index in [1.54, 1.807) is 18.2 Å². The van der Waals surface area contributed by atoms with Crippen molar-refractivity contribution in [3.8, 4) is 5.75 Å². The predicted molar refractivity (Wildman–Crippen MR) is 108 cm³/mol. The molecule has 0 bridgehead atoms. The van der Waals surface area contributed by atoms with Crippen LogP contribution >= 0.6 is 23.2 Å². The second kappa shape index (κ2) is 7.60. The van der Waals surface area contributed by atoms with E-state index in [9.17, 15) is 4.79 Å². The van der Waals surface area contributed by atoms with Crippen molar-refractivity contribution in [2.24, 2.45) is 0 Å². The van der Waals surface area contributed by atoms with Gasteiger partial charge in [-0.3, -0.25) is 4.79 Å². The third-order valence-corrected chi connectivity index (χ3v) is 4.96. The quantitative estimate of drug-likeness (QED) is 0.586. The van der Waals surface area contributed by atoms with Gasteiger partial charge in [-0.1, -0.05) is 29.3 Å². The SMILES string of the molecule is CCOc1ccc2c(c1)c(C)c(C(=O)Nc1c(Cl)cccc1Cl)n2CC. The topological polar surface area (TPSA) is 43.3 Å². The lowest BCUT2D eigenvalue weighted by atomic mass is 10.1. The van der Waals surface area contributed by atoms with E-state index in [1.807, 2.05) is 43.5 Å². The number of halogens is 2. The summed E-state index contributed by atoms with van der Waals surface area (Å²) in [4.78, 5) is 13.0. The monoisotopic (exact) mass is 390 g/mol. The standard InChI is InChI=1S/C20H20Cl2N2O2/c1-4-24-17-10-9-13(26-5-2)11-14(17)12(3)19(24)20(25)23-18-15(21)7-6-8-16(18)22/h6-11H,4-5H2,1-3H3,(H,23,25). The summed E-state index contributed by atoms with van der Waals surface area (Å²) < 4.78 is 7.58. The van der Waals surface area contributed by atoms with Gasteiger partial charge < -0.3 is 14.6 Å². The molecule has 1 heterocycles. The fourth-order valence-corrected chi connectivity index (χ4v) is 3.66. The van der Waals surface area contributed by atoms with Crippen molar-refractivity contribution in [2.75, 3.05) is 11.9 Å². The molecular weight excluding hydrogens is 371 g/mol. The molecule has 0 radical (unpaired) electrons. The number of amides is 1. The van der Waals surface area contributed by atoms with E-state index in [-0.39, 0.29) is 5.91 Å². The molecule has 0 spiro atoms. The van der Waals surface area contributed by atoms with Crippen molar-refractivity contribution in [1.82, 2.24) is 4.57 Å². The van der Waals surface area contributed by atoms with Crippen LogP contribution in [0.3, 0.4) is 0 Å². The molecular formula is C20H20Cl2N2O2. The first-order valence-corrected chi connectivity index (χ1v) is 9.24. The molecule has 0 aliphatic heterocycles. The number of anilines is 1. The average Bonchev–Trinajstić information content (AvgIpc) is 2.90. The number of carbonyl (C=O) groups excluding carboxylic acids is 1. The van der Waals surface area contributed by atoms with Crippen LogP contribution in [0, 0.1) is 6.92 Å². The largest absolute Gasteiger partial charge is 0.494 e. The first-order chi connectivity index (χ1) is 12.5. The molecule has 0 saturated heterocycles. The van der Waals surface area contributed by atoms with Crippen molar-refractivity contribution < 1.29 is 9.53 Å². The first-order valence-electron chi connectivity index (χ1n) is 8.48. The molecule has 6 heteroatoms. The van der Waals surface area contributed by atoms with Crippen LogP contribution in [0.1, 0.15) is 29.9 Å². The molecule has 0 fully saturated rings. The highest BCUT2D eigenvalue weighted by molar-refractivity contribution is 6.40. The Bertz CT molecular complexity index is 959. The van der Waals surface area contributed by atoms with E-state index in [0.717, 1.165) is 22.2 Å². The van der Waals surface area contributed by atoms with E-state index in [2.05, 4.69) is 5.32 Å². The van der Waals surface area contributed by atoms with Gasteiger partial charge in [0.1, 0.15) is 11.4 Å². The number of fused-ring (bicyclic) bond motifs is 1. The maximum Gasteiger partial charge on any atom is 0.272 e. The smallest absolute Gasteiger partial charge is 0.272 e. The Hall–Kier alpha value is -2.17. The van der Waals surface area contributed by atoms with Crippen LogP contribution in [0.15, 0.2) is 36.4 Å². The number of hydrogen-bond acceptors (Lipinski definition) is 2. The summed E-state index contributed by atoms with van der Waals surface area (Å²) in [6, 6.07) is 11.0. The lowest BCUT2D eigenvalue weighted by molar-refractivity contribution is 0.101. The number of benzene rings is 2. The molecule has 0 saturated carbocycles. The lowest BCUT2D eigenvalue weighted by Gasteiger charge is -2.12. The number of ether oxygens (including phenoxy) is 1. The zero-order valence-corrected chi connectivity index (χ0v) is 16.4. The molecule has 26 heavy (non-hydrogen) atoms. The molecule has 4 nitrogen and oxygen atoms in total. The third kappa shape index (κ3) is 3.27. The molecule has 3 rings (SSSR count). The summed E-state index contributed by atoms with van der Waals surface area (Å²) in [7, 11) is 0. The van der Waals surface area contributed by atoms with Crippen LogP contribution in [-0.2, 0) is 6.54 Å². The number of aromatic nitrogens is 1. The summed E-state index contributed by atoms with van der Waals surface area (Å²) in [5, 5.41) is 4.66. The molecule has 1 amide bonds. The summed E-state index contributed by atoms with van der Waals surface area (Å²) in [6.07, 6.45) is 0. The van der Waals surface area contributed by atoms with Crippen LogP contribution in [-0.4, -0.2) is 17.1 Å². The maximum absolute atomic E-state index is 13.0. The van der Waals surface area contributed by atoms with E-state index in [1.165, 1.54) is 0 Å². The number of nitrogens with zero attached hydrogens (tertiary/aromatic N) is 1. The predicted octanol–water partition coefficient (Wildman–Crippen LogP) is 5.93. The van der Waals surface area contributed by atoms with Crippen LogP contribution in [0.4, 0.5) is 5.69 Å². The van der Waals surface area contributed by atoms with Gasteiger partial charge in [0, 0.05) is 17.4 Å². The van der Waals surface area contributed by atoms with Gasteiger partial charge in [-0.15, -0.1) is 0 Å². The van der Waals surface area contributed by atoms with Crippen molar-refractivity contribution in [1.29, 1.82) is 0 Å². The summed E-state index contributed by atoms with van der Waals surface area (Å²) in [5.74, 6) is 0.547. The molecule has 0 aliphatic rings. The van der Waals surface area contributed by atoms with Crippen molar-refractivity contribution >= 4 is 45.7 Å². The van der Waals surface area contributed by atoms with Crippen LogP contribution in [0.5, 0.6) is 5.75 Å². The Kier molecular flexibility index (Phi) is 5.44. The molecule has 2 aromatic carbocycles. The Balaban J connectivity index is 2.08. The van der Waals surface area contributed by atoms with Gasteiger partial charge in [-0.25, -0.2) is 0 Å². The van der Waals surface area contributed by atoms with Crippen molar-refractivity contribution in [3.63, 3.8) is 0 Å². The minimum absolute atomic E-state index is 0.242. The third-order valence-electron chi connectivity index (χ3n) is 4.33. The maximum atomic E-state index is 13.0. The fourth-order valence-electron chi connectivity index (χ4n) is 3.17. The minimum atomic E-state index is -0.242. The Morgan fingerprint density at radius 2 is 1.85 bits per heavy atom. The zero-order valence-electron chi connectivity index (χ0n) is 14.9. The van der Waals surface area contributed by atoms with E-state index < -0.39 is 0 Å². The summed E-state index contributed by atoms with van der Waals surface area (Å²) >= 11 is 12.4. The Labute approximate surface area is 162 Å². The number of nitrogens with one attached hydrogen (secondary N) is 1. The number of para-hydroxylation sites is 1. The first kappa shape index (κ1) is 18.6. The van der Waals surface area contributed by atoms with Crippen LogP contribution < -0.4 is 10.1 Å². The molecule has 136 valence electrons. The fraction of sp³-hybridized carbons (Fsp3) is 0.250. The molecule has 1 aromatic heterocycles. The second-order valence-corrected chi connectivity index (χ2v) is 6.70. The van der Waals surface area contributed by atoms with Gasteiger partial charge in [0.2, 0.25) is 0 Å². The Morgan fingerprint density at radius 1 is 1.15 bits per heavy atom. The number of carbonyl (C=O) groups is 1. The van der Waals surface area contributed by atoms with E-state index >= 15 is 0 Å². The van der Waals surface area contributed by atoms with Crippen molar-refractivity contribution in [3.05, 3.63) is 57.7 Å². The van der Waals surface area contributed by atoms with Gasteiger partial charge in [0.25, 0.3) is 5.91 Å². The summed E-state index contributed by atoms with van der Waals surface area (Å²) in [5.41, 5.74) is 2.89. The van der Waals surface area contributed by atoms with Crippen LogP contribution in [0.2, 0.25) is 10.0 Å². The molecule has 1 N–H and O–H groups in total. The molecule has 0 aliphatic carbocycles. The highest BCUT2D eigenvalue weighted by Crippen LogP contribution is 2.33. The normalized spacial score (nSPS) is 11.0. The Morgan fingerprint density at radius 3 is 2.46 bits per heavy atom. The van der Waals surface area contributed by atoms with E-state index in [4.69, 9.17) is 27.9 Å². The van der Waals surface area contributed by atoms with Crippen LogP contribution in [0.25, 0.3) is 10.9 Å². The van der Waals surface area contributed by atoms with Gasteiger partial charge in [-0.05, 0) is 56.7 Å². The van der Waals surface area contributed by atoms with Crippen molar-refractivity contribution in [2.45, 2.75) is 27.3 Å².